The molecule has 1 aliphatic carbocycles. The summed E-state index contributed by atoms with van der Waals surface area (Å²) in [6.45, 7) is 2.13. The number of hydrogen-bond donors (Lipinski definition) is 2. The molecule has 5 nitrogen and oxygen atoms in total. The molecule has 1 fully saturated rings. The van der Waals surface area contributed by atoms with E-state index >= 15 is 0 Å². The molecular formula is C18H22N2O3. The first-order valence-corrected chi connectivity index (χ1v) is 7.84. The van der Waals surface area contributed by atoms with Crippen LogP contribution in [0.1, 0.15) is 38.2 Å². The number of nitrogens with one attached hydrogen (secondary N) is 1. The van der Waals surface area contributed by atoms with Crippen LogP contribution in [0.25, 0.3) is 6.08 Å². The third kappa shape index (κ3) is 4.26. The standard InChI is InChI=1S/C18H22N2O3/c1-12-5-3-4-6-15(12)20-18(22)14(11-19)9-13-7-8-17(23-2)16(21)10-13/h7-10,12,15,21H,3-6H2,1-2H3,(H,20,22)/b14-9+/t12-,15+/m1/s1. The van der Waals surface area contributed by atoms with Crippen LogP contribution in [0, 0.1) is 17.2 Å². The van der Waals surface area contributed by atoms with E-state index < -0.39 is 0 Å². The zero-order valence-corrected chi connectivity index (χ0v) is 13.5. The zero-order chi connectivity index (χ0) is 16.8. The van der Waals surface area contributed by atoms with Gasteiger partial charge in [-0.3, -0.25) is 4.79 Å². The summed E-state index contributed by atoms with van der Waals surface area (Å²) in [4.78, 5) is 12.3. The molecule has 0 aromatic heterocycles. The van der Waals surface area contributed by atoms with Gasteiger partial charge in [-0.25, -0.2) is 0 Å². The first kappa shape index (κ1) is 16.9. The van der Waals surface area contributed by atoms with Gasteiger partial charge in [-0.2, -0.15) is 5.26 Å². The van der Waals surface area contributed by atoms with Crippen molar-refractivity contribution in [2.75, 3.05) is 7.11 Å². The molecule has 0 heterocycles. The summed E-state index contributed by atoms with van der Waals surface area (Å²) in [7, 11) is 1.46. The van der Waals surface area contributed by atoms with Crippen molar-refractivity contribution in [2.45, 2.75) is 38.6 Å². The van der Waals surface area contributed by atoms with Crippen LogP contribution in [0.3, 0.4) is 0 Å². The summed E-state index contributed by atoms with van der Waals surface area (Å²) in [5.74, 6) is 0.389. The Morgan fingerprint density at radius 2 is 2.17 bits per heavy atom. The van der Waals surface area contributed by atoms with Crippen LogP contribution in [0.2, 0.25) is 0 Å². The maximum absolute atomic E-state index is 12.3. The van der Waals surface area contributed by atoms with Crippen LogP contribution in [0.15, 0.2) is 23.8 Å². The van der Waals surface area contributed by atoms with Gasteiger partial charge in [0.05, 0.1) is 7.11 Å². The van der Waals surface area contributed by atoms with E-state index in [9.17, 15) is 15.2 Å². The monoisotopic (exact) mass is 314 g/mol. The predicted octanol–water partition coefficient (Wildman–Crippen LogP) is 3.00. The minimum absolute atomic E-state index is 0.0279. The second kappa shape index (κ2) is 7.68. The quantitative estimate of drug-likeness (QED) is 0.661. The average Bonchev–Trinajstić information content (AvgIpc) is 2.54. The maximum atomic E-state index is 12.3. The van der Waals surface area contributed by atoms with Crippen molar-refractivity contribution in [3.05, 3.63) is 29.3 Å². The first-order valence-electron chi connectivity index (χ1n) is 7.84. The molecule has 0 radical (unpaired) electrons. The third-order valence-corrected chi connectivity index (χ3v) is 4.31. The van der Waals surface area contributed by atoms with Crippen molar-refractivity contribution in [1.82, 2.24) is 5.32 Å². The molecule has 0 spiro atoms. The maximum Gasteiger partial charge on any atom is 0.262 e. The molecule has 2 atom stereocenters. The number of nitriles is 1. The fourth-order valence-electron chi connectivity index (χ4n) is 2.89. The SMILES string of the molecule is COc1ccc(/C=C(\C#N)C(=O)N[C@H]2CCCC[C@H]2C)cc1O. The van der Waals surface area contributed by atoms with Crippen molar-refractivity contribution in [2.24, 2.45) is 5.92 Å². The highest BCUT2D eigenvalue weighted by atomic mass is 16.5. The summed E-state index contributed by atoms with van der Waals surface area (Å²) in [5.41, 5.74) is 0.610. The Bertz CT molecular complexity index is 646. The molecule has 1 aromatic rings. The Morgan fingerprint density at radius 1 is 1.43 bits per heavy atom. The molecule has 23 heavy (non-hydrogen) atoms. The molecule has 1 saturated carbocycles. The molecule has 122 valence electrons. The molecule has 0 unspecified atom stereocenters. The van der Waals surface area contributed by atoms with Crippen molar-refractivity contribution in [1.29, 1.82) is 5.26 Å². The van der Waals surface area contributed by atoms with Crippen molar-refractivity contribution in [3.63, 3.8) is 0 Å². The average molecular weight is 314 g/mol. The van der Waals surface area contributed by atoms with E-state index in [1.807, 2.05) is 6.07 Å². The Balaban J connectivity index is 2.13. The first-order chi connectivity index (χ1) is 11.0. The van der Waals surface area contributed by atoms with E-state index in [-0.39, 0.29) is 23.3 Å². The molecule has 1 aliphatic rings. The second-order valence-electron chi connectivity index (χ2n) is 5.94. The fourth-order valence-corrected chi connectivity index (χ4v) is 2.89. The summed E-state index contributed by atoms with van der Waals surface area (Å²) < 4.78 is 4.98. The number of carbonyl (C=O) groups is 1. The zero-order valence-electron chi connectivity index (χ0n) is 13.5. The largest absolute Gasteiger partial charge is 0.504 e. The van der Waals surface area contributed by atoms with Crippen molar-refractivity contribution >= 4 is 12.0 Å². The molecular weight excluding hydrogens is 292 g/mol. The Hall–Kier alpha value is -2.48. The van der Waals surface area contributed by atoms with E-state index in [0.29, 0.717) is 17.2 Å². The topological polar surface area (TPSA) is 82.3 Å². The molecule has 0 saturated heterocycles. The van der Waals surface area contributed by atoms with Gasteiger partial charge in [0.2, 0.25) is 0 Å². The summed E-state index contributed by atoms with van der Waals surface area (Å²) in [6, 6.07) is 6.81. The van der Waals surface area contributed by atoms with Crippen LogP contribution in [0.4, 0.5) is 0 Å². The lowest BCUT2D eigenvalue weighted by molar-refractivity contribution is -0.118. The lowest BCUT2D eigenvalue weighted by Gasteiger charge is -2.29. The number of rotatable bonds is 4. The van der Waals surface area contributed by atoms with Crippen LogP contribution >= 0.6 is 0 Å². The van der Waals surface area contributed by atoms with Gasteiger partial charge in [0.1, 0.15) is 11.6 Å². The van der Waals surface area contributed by atoms with Gasteiger partial charge in [-0.15, -0.1) is 0 Å². The summed E-state index contributed by atoms with van der Waals surface area (Å²) in [5, 5.41) is 22.0. The number of nitrogens with zero attached hydrogens (tertiary/aromatic N) is 1. The summed E-state index contributed by atoms with van der Waals surface area (Å²) >= 11 is 0. The summed E-state index contributed by atoms with van der Waals surface area (Å²) in [6.07, 6.45) is 5.83. The predicted molar refractivity (Wildman–Crippen MR) is 87.8 cm³/mol. The van der Waals surface area contributed by atoms with Crippen LogP contribution in [0.5, 0.6) is 11.5 Å². The molecule has 5 heteroatoms. The second-order valence-corrected chi connectivity index (χ2v) is 5.94. The highest BCUT2D eigenvalue weighted by molar-refractivity contribution is 6.01. The van der Waals surface area contributed by atoms with Crippen molar-refractivity contribution in [3.8, 4) is 17.6 Å². The fraction of sp³-hybridized carbons (Fsp3) is 0.444. The van der Waals surface area contributed by atoms with Gasteiger partial charge in [0, 0.05) is 6.04 Å². The highest BCUT2D eigenvalue weighted by Crippen LogP contribution is 2.27. The number of phenolic OH excluding ortho intramolecular Hbond substituents is 1. The number of aromatic hydroxyl groups is 1. The highest BCUT2D eigenvalue weighted by Gasteiger charge is 2.24. The molecule has 0 bridgehead atoms. The number of methoxy groups -OCH3 is 1. The Morgan fingerprint density at radius 3 is 2.78 bits per heavy atom. The number of amides is 1. The van der Waals surface area contributed by atoms with E-state index in [4.69, 9.17) is 4.74 Å². The van der Waals surface area contributed by atoms with Gasteiger partial charge in [0.15, 0.2) is 11.5 Å². The number of benzene rings is 1. The van der Waals surface area contributed by atoms with Crippen molar-refractivity contribution < 1.29 is 14.6 Å². The van der Waals surface area contributed by atoms with Crippen LogP contribution in [-0.2, 0) is 4.79 Å². The Labute approximate surface area is 136 Å². The minimum atomic E-state index is -0.360. The van der Waals surface area contributed by atoms with Gasteiger partial charge in [-0.1, -0.05) is 25.8 Å². The number of phenols is 1. The molecule has 2 N–H and O–H groups in total. The lowest BCUT2D eigenvalue weighted by Crippen LogP contribution is -2.41. The van der Waals surface area contributed by atoms with Crippen LogP contribution in [-0.4, -0.2) is 24.2 Å². The normalized spacial score (nSPS) is 21.3. The van der Waals surface area contributed by atoms with E-state index in [2.05, 4.69) is 12.2 Å². The smallest absolute Gasteiger partial charge is 0.262 e. The number of ether oxygens (including phenoxy) is 1. The van der Waals surface area contributed by atoms with Crippen LogP contribution < -0.4 is 10.1 Å². The van der Waals surface area contributed by atoms with E-state index in [1.54, 1.807) is 12.1 Å². The molecule has 0 aliphatic heterocycles. The van der Waals surface area contributed by atoms with E-state index in [1.165, 1.54) is 25.7 Å². The lowest BCUT2D eigenvalue weighted by atomic mass is 9.86. The number of hydrogen-bond acceptors (Lipinski definition) is 4. The van der Waals surface area contributed by atoms with Gasteiger partial charge in [0.25, 0.3) is 5.91 Å². The molecule has 1 aromatic carbocycles. The number of carbonyl (C=O) groups excluding carboxylic acids is 1. The van der Waals surface area contributed by atoms with Gasteiger partial charge < -0.3 is 15.2 Å². The minimum Gasteiger partial charge on any atom is -0.504 e. The Kier molecular flexibility index (Phi) is 5.64. The molecule has 2 rings (SSSR count). The third-order valence-electron chi connectivity index (χ3n) is 4.31. The van der Waals surface area contributed by atoms with Gasteiger partial charge >= 0.3 is 0 Å². The molecule has 1 amide bonds. The van der Waals surface area contributed by atoms with Gasteiger partial charge in [-0.05, 0) is 42.5 Å². The van der Waals surface area contributed by atoms with E-state index in [0.717, 1.165) is 19.3 Å².